The van der Waals surface area contributed by atoms with E-state index in [1.54, 1.807) is 43.3 Å². The van der Waals surface area contributed by atoms with E-state index in [1.165, 1.54) is 6.07 Å². The largest absolute Gasteiger partial charge is 0.382 e. The van der Waals surface area contributed by atoms with Gasteiger partial charge in [-0.3, -0.25) is 0 Å². The molecule has 0 spiro atoms. The van der Waals surface area contributed by atoms with Crippen LogP contribution in [0, 0.1) is 6.92 Å². The van der Waals surface area contributed by atoms with Crippen LogP contribution < -0.4 is 9.92 Å². The Morgan fingerprint density at radius 2 is 1.78 bits per heavy atom. The lowest BCUT2D eigenvalue weighted by Gasteiger charge is -2.08. The van der Waals surface area contributed by atoms with Crippen LogP contribution in [0.25, 0.3) is 0 Å². The molecule has 2 aromatic rings. The van der Waals surface area contributed by atoms with Gasteiger partial charge in [-0.2, -0.15) is 8.42 Å². The summed E-state index contributed by atoms with van der Waals surface area (Å²) in [5.74, 6) is 0.170. The second-order valence-corrected chi connectivity index (χ2v) is 5.20. The number of aryl methyl sites for hydroxylation is 1. The molecule has 0 aliphatic rings. The van der Waals surface area contributed by atoms with Crippen LogP contribution in [0.3, 0.4) is 0 Å². The molecule has 1 aromatic carbocycles. The van der Waals surface area contributed by atoms with Crippen molar-refractivity contribution in [1.82, 2.24) is 4.98 Å². The van der Waals surface area contributed by atoms with Gasteiger partial charge in [0.1, 0.15) is 16.5 Å². The number of benzene rings is 1. The number of nitrogens with zero attached hydrogens (tertiary/aromatic N) is 1. The average molecular weight is 264 g/mol. The Bertz CT molecular complexity index is 654. The normalized spacial score (nSPS) is 11.2. The Kier molecular flexibility index (Phi) is 3.20. The van der Waals surface area contributed by atoms with Gasteiger partial charge < -0.3 is 9.92 Å². The molecule has 1 heterocycles. The number of hydrogen-bond donors (Lipinski definition) is 1. The average Bonchev–Trinajstić information content (AvgIpc) is 2.29. The van der Waals surface area contributed by atoms with Crippen molar-refractivity contribution in [1.29, 1.82) is 0 Å². The summed E-state index contributed by atoms with van der Waals surface area (Å²) in [4.78, 5) is 3.77. The van der Waals surface area contributed by atoms with E-state index in [0.29, 0.717) is 5.69 Å². The highest BCUT2D eigenvalue weighted by atomic mass is 32.2. The van der Waals surface area contributed by atoms with Gasteiger partial charge >= 0.3 is 10.1 Å². The quantitative estimate of drug-likeness (QED) is 0.854. The van der Waals surface area contributed by atoms with Gasteiger partial charge in [-0.25, -0.2) is 4.98 Å². The molecule has 0 bridgehead atoms. The fraction of sp³-hybridized carbons (Fsp3) is 0.0833. The van der Waals surface area contributed by atoms with Gasteiger partial charge in [-0.1, -0.05) is 18.2 Å². The highest BCUT2D eigenvalue weighted by molar-refractivity contribution is 7.87. The highest BCUT2D eigenvalue weighted by Crippen LogP contribution is 2.21. The molecule has 18 heavy (non-hydrogen) atoms. The molecule has 0 saturated heterocycles. The Hall–Kier alpha value is -2.08. The van der Waals surface area contributed by atoms with Gasteiger partial charge in [0.2, 0.25) is 0 Å². The fourth-order valence-electron chi connectivity index (χ4n) is 1.42. The molecule has 0 unspecified atom stereocenters. The van der Waals surface area contributed by atoms with Gasteiger partial charge in [0.15, 0.2) is 0 Å². The summed E-state index contributed by atoms with van der Waals surface area (Å²) in [6, 6.07) is 11.2. The van der Waals surface area contributed by atoms with E-state index < -0.39 is 10.1 Å². The number of aromatic nitrogens is 1. The van der Waals surface area contributed by atoms with Crippen LogP contribution in [-0.2, 0) is 10.1 Å². The van der Waals surface area contributed by atoms with Crippen LogP contribution in [-0.4, -0.2) is 13.4 Å². The Morgan fingerprint density at radius 1 is 1.11 bits per heavy atom. The first kappa shape index (κ1) is 12.4. The molecule has 0 atom stereocenters. The molecule has 6 heteroatoms. The third-order valence-electron chi connectivity index (χ3n) is 2.24. The molecule has 94 valence electrons. The summed E-state index contributed by atoms with van der Waals surface area (Å²) < 4.78 is 28.9. The Labute approximate surface area is 105 Å². The van der Waals surface area contributed by atoms with Crippen LogP contribution in [0.15, 0.2) is 47.4 Å². The fourth-order valence-corrected chi connectivity index (χ4v) is 2.41. The first-order chi connectivity index (χ1) is 8.49. The standard InChI is InChI=1S/C12H12N2O3S/c1-9-7-8-11(12(13)14-9)18(15,16)17-10-5-3-2-4-6-10/h2-8H,1H3,(H2,13,14). The van der Waals surface area contributed by atoms with Gasteiger partial charge in [0, 0.05) is 5.69 Å². The molecule has 0 amide bonds. The molecule has 0 aliphatic heterocycles. The minimum Gasteiger partial charge on any atom is -0.382 e. The molecule has 0 aliphatic carbocycles. The lowest BCUT2D eigenvalue weighted by atomic mass is 10.3. The number of anilines is 1. The first-order valence-corrected chi connectivity index (χ1v) is 6.62. The third kappa shape index (κ3) is 2.60. The van der Waals surface area contributed by atoms with Crippen molar-refractivity contribution in [2.75, 3.05) is 5.73 Å². The predicted molar refractivity (Wildman–Crippen MR) is 67.6 cm³/mol. The number of nitrogen functional groups attached to an aromatic ring is 1. The zero-order valence-corrected chi connectivity index (χ0v) is 10.5. The van der Waals surface area contributed by atoms with Crippen LogP contribution in [0.5, 0.6) is 5.75 Å². The molecule has 0 saturated carbocycles. The van der Waals surface area contributed by atoms with Crippen LogP contribution in [0.1, 0.15) is 5.69 Å². The summed E-state index contributed by atoms with van der Waals surface area (Å²) in [5.41, 5.74) is 6.24. The van der Waals surface area contributed by atoms with E-state index in [9.17, 15) is 8.42 Å². The van der Waals surface area contributed by atoms with Gasteiger partial charge in [0.05, 0.1) is 0 Å². The number of nitrogens with two attached hydrogens (primary N) is 1. The topological polar surface area (TPSA) is 82.3 Å². The minimum absolute atomic E-state index is 0.0640. The number of rotatable bonds is 3. The second-order valence-electron chi connectivity index (χ2n) is 3.69. The predicted octanol–water partition coefficient (Wildman–Crippen LogP) is 1.74. The molecule has 2 rings (SSSR count). The molecule has 0 radical (unpaired) electrons. The molecular weight excluding hydrogens is 252 g/mol. The highest BCUT2D eigenvalue weighted by Gasteiger charge is 2.20. The smallest absolute Gasteiger partial charge is 0.342 e. The van der Waals surface area contributed by atoms with Crippen molar-refractivity contribution in [3.05, 3.63) is 48.2 Å². The Balaban J connectivity index is 2.37. The summed E-state index contributed by atoms with van der Waals surface area (Å²) in [6.07, 6.45) is 0. The van der Waals surface area contributed by atoms with Crippen molar-refractivity contribution < 1.29 is 12.6 Å². The van der Waals surface area contributed by atoms with E-state index in [1.807, 2.05) is 0 Å². The van der Waals surface area contributed by atoms with Gasteiger partial charge in [-0.15, -0.1) is 0 Å². The maximum Gasteiger partial charge on any atom is 0.342 e. The number of para-hydroxylation sites is 1. The van der Waals surface area contributed by atoms with E-state index in [0.717, 1.165) is 0 Å². The third-order valence-corrected chi connectivity index (χ3v) is 3.54. The summed E-state index contributed by atoms with van der Waals surface area (Å²) in [6.45, 7) is 1.73. The molecule has 1 aromatic heterocycles. The van der Waals surface area contributed by atoms with Crippen LogP contribution >= 0.6 is 0 Å². The van der Waals surface area contributed by atoms with Gasteiger partial charge in [-0.05, 0) is 31.2 Å². The van der Waals surface area contributed by atoms with Crippen LogP contribution in [0.2, 0.25) is 0 Å². The lowest BCUT2D eigenvalue weighted by Crippen LogP contribution is -2.13. The monoisotopic (exact) mass is 264 g/mol. The van der Waals surface area contributed by atoms with E-state index >= 15 is 0 Å². The minimum atomic E-state index is -3.95. The molecular formula is C12H12N2O3S. The summed E-state index contributed by atoms with van der Waals surface area (Å²) >= 11 is 0. The van der Waals surface area contributed by atoms with Crippen molar-refractivity contribution in [3.8, 4) is 5.75 Å². The molecule has 2 N–H and O–H groups in total. The summed E-state index contributed by atoms with van der Waals surface area (Å²) in [7, 11) is -3.95. The zero-order chi connectivity index (χ0) is 13.2. The van der Waals surface area contributed by atoms with Crippen molar-refractivity contribution in [3.63, 3.8) is 0 Å². The zero-order valence-electron chi connectivity index (χ0n) is 9.70. The van der Waals surface area contributed by atoms with E-state index in [4.69, 9.17) is 9.92 Å². The second kappa shape index (κ2) is 4.66. The van der Waals surface area contributed by atoms with Crippen molar-refractivity contribution in [2.45, 2.75) is 11.8 Å². The first-order valence-electron chi connectivity index (χ1n) is 5.22. The molecule has 0 fully saturated rings. The summed E-state index contributed by atoms with van der Waals surface area (Å²) in [5, 5.41) is 0. The maximum atomic E-state index is 12.0. The number of hydrogen-bond acceptors (Lipinski definition) is 5. The van der Waals surface area contributed by atoms with Crippen molar-refractivity contribution in [2.24, 2.45) is 0 Å². The van der Waals surface area contributed by atoms with E-state index in [2.05, 4.69) is 4.98 Å². The number of pyridine rings is 1. The lowest BCUT2D eigenvalue weighted by molar-refractivity contribution is 0.486. The SMILES string of the molecule is Cc1ccc(S(=O)(=O)Oc2ccccc2)c(N)n1. The molecule has 5 nitrogen and oxygen atoms in total. The Morgan fingerprint density at radius 3 is 2.39 bits per heavy atom. The van der Waals surface area contributed by atoms with Crippen molar-refractivity contribution >= 4 is 15.9 Å². The van der Waals surface area contributed by atoms with Gasteiger partial charge in [0.25, 0.3) is 0 Å². The van der Waals surface area contributed by atoms with Crippen LogP contribution in [0.4, 0.5) is 5.82 Å². The maximum absolute atomic E-state index is 12.0. The van der Waals surface area contributed by atoms with E-state index in [-0.39, 0.29) is 16.5 Å².